The Morgan fingerprint density at radius 1 is 1.15 bits per heavy atom. The Bertz CT molecular complexity index is 1240. The molecule has 1 amide bonds. The minimum absolute atomic E-state index is 0.117. The minimum Gasteiger partial charge on any atom is -0.360 e. The lowest BCUT2D eigenvalue weighted by Crippen LogP contribution is -2.43. The molecular weight excluding hydrogens is 466 g/mol. The van der Waals surface area contributed by atoms with E-state index in [0.29, 0.717) is 54.2 Å². The topological polar surface area (TPSA) is 131 Å². The minimum atomic E-state index is -3.74. The van der Waals surface area contributed by atoms with Crippen LogP contribution in [0.15, 0.2) is 30.8 Å². The molecule has 33 heavy (non-hydrogen) atoms. The molecule has 0 bridgehead atoms. The highest BCUT2D eigenvalue weighted by Gasteiger charge is 2.35. The third-order valence-electron chi connectivity index (χ3n) is 6.21. The molecular formula is C21H25N5O5S2. The first-order chi connectivity index (χ1) is 15.9. The van der Waals surface area contributed by atoms with Gasteiger partial charge in [0.05, 0.1) is 5.92 Å². The van der Waals surface area contributed by atoms with Crippen LogP contribution < -0.4 is 5.32 Å². The Balaban J connectivity index is 1.28. The van der Waals surface area contributed by atoms with Crippen molar-refractivity contribution in [2.45, 2.75) is 55.6 Å². The summed E-state index contributed by atoms with van der Waals surface area (Å²) in [5.74, 6) is 1.53. The molecule has 0 spiro atoms. The smallest absolute Gasteiger partial charge is 0.252 e. The van der Waals surface area contributed by atoms with E-state index >= 15 is 0 Å². The molecule has 1 N–H and O–H groups in total. The molecule has 1 atom stereocenters. The van der Waals surface area contributed by atoms with Crippen molar-refractivity contribution in [3.8, 4) is 11.4 Å². The number of sulfonamides is 1. The highest BCUT2D eigenvalue weighted by molar-refractivity contribution is 7.91. The number of nitrogens with one attached hydrogen (secondary N) is 1. The number of piperidine rings is 1. The normalized spacial score (nSPS) is 20.3. The highest BCUT2D eigenvalue weighted by atomic mass is 32.2. The highest BCUT2D eigenvalue weighted by Crippen LogP contribution is 2.35. The average molecular weight is 492 g/mol. The third kappa shape index (κ3) is 4.59. The van der Waals surface area contributed by atoms with Gasteiger partial charge in [-0.1, -0.05) is 23.2 Å². The fraction of sp³-hybridized carbons (Fsp3) is 0.524. The molecule has 0 unspecified atom stereocenters. The molecule has 3 aromatic rings. The summed E-state index contributed by atoms with van der Waals surface area (Å²) in [5.41, 5.74) is 0.624. The van der Waals surface area contributed by atoms with E-state index in [2.05, 4.69) is 20.6 Å². The van der Waals surface area contributed by atoms with Crippen LogP contribution in [0.5, 0.6) is 0 Å². The first kappa shape index (κ1) is 22.2. The van der Waals surface area contributed by atoms with Gasteiger partial charge in [-0.05, 0) is 38.7 Å². The molecule has 4 heterocycles. The average Bonchev–Trinajstić information content (AvgIpc) is 3.60. The first-order valence-electron chi connectivity index (χ1n) is 11.1. The van der Waals surface area contributed by atoms with Crippen LogP contribution in [0.25, 0.3) is 11.4 Å². The van der Waals surface area contributed by atoms with Crippen LogP contribution in [-0.2, 0) is 14.8 Å². The SMILES string of the molecule is Cc1cc(NC(=O)[C@H]2CCCN(S(=O)(=O)c3cc(-c4noc(C5CCCC5)n4)cs3)C2)no1. The number of anilines is 1. The summed E-state index contributed by atoms with van der Waals surface area (Å²) in [5, 5.41) is 12.3. The van der Waals surface area contributed by atoms with Crippen molar-refractivity contribution in [1.29, 1.82) is 0 Å². The standard InChI is InChI=1S/C21H25N5O5S2/c1-13-9-17(24-30-13)22-20(27)15-7-4-8-26(11-15)33(28,29)18-10-16(12-32-18)19-23-21(31-25-19)14-5-2-3-6-14/h9-10,12,14-15H,2-8,11H2,1H3,(H,22,24,27)/t15-/m0/s1. The predicted octanol–water partition coefficient (Wildman–Crippen LogP) is 3.79. The van der Waals surface area contributed by atoms with Gasteiger partial charge in [-0.2, -0.15) is 9.29 Å². The maximum Gasteiger partial charge on any atom is 0.252 e. The second-order valence-electron chi connectivity index (χ2n) is 8.61. The molecule has 0 aromatic carbocycles. The Kier molecular flexibility index (Phi) is 6.06. The fourth-order valence-electron chi connectivity index (χ4n) is 4.42. The van der Waals surface area contributed by atoms with E-state index in [1.807, 2.05) is 0 Å². The predicted molar refractivity (Wildman–Crippen MR) is 120 cm³/mol. The third-order valence-corrected chi connectivity index (χ3v) is 9.49. The number of thiophene rings is 1. The molecule has 12 heteroatoms. The van der Waals surface area contributed by atoms with Crippen molar-refractivity contribution >= 4 is 33.1 Å². The first-order valence-corrected chi connectivity index (χ1v) is 13.4. The molecule has 1 saturated carbocycles. The van der Waals surface area contributed by atoms with Gasteiger partial charge in [0, 0.05) is 36.0 Å². The van der Waals surface area contributed by atoms with E-state index in [4.69, 9.17) is 9.05 Å². The second kappa shape index (κ2) is 8.99. The summed E-state index contributed by atoms with van der Waals surface area (Å²) in [6.45, 7) is 2.22. The molecule has 3 aromatic heterocycles. The van der Waals surface area contributed by atoms with Crippen LogP contribution in [0, 0.1) is 12.8 Å². The Hall–Kier alpha value is -2.57. The van der Waals surface area contributed by atoms with E-state index in [0.717, 1.165) is 37.0 Å². The zero-order valence-corrected chi connectivity index (χ0v) is 19.8. The largest absolute Gasteiger partial charge is 0.360 e. The van der Waals surface area contributed by atoms with Gasteiger partial charge < -0.3 is 14.4 Å². The number of hydrogen-bond acceptors (Lipinski definition) is 9. The lowest BCUT2D eigenvalue weighted by atomic mass is 9.99. The Labute approximate surface area is 195 Å². The van der Waals surface area contributed by atoms with E-state index in [1.54, 1.807) is 24.4 Å². The van der Waals surface area contributed by atoms with Crippen molar-refractivity contribution in [2.75, 3.05) is 18.4 Å². The van der Waals surface area contributed by atoms with Crippen molar-refractivity contribution in [3.63, 3.8) is 0 Å². The zero-order chi connectivity index (χ0) is 23.0. The number of carbonyl (C=O) groups is 1. The van der Waals surface area contributed by atoms with Gasteiger partial charge in [0.15, 0.2) is 5.82 Å². The van der Waals surface area contributed by atoms with Crippen LogP contribution in [0.4, 0.5) is 5.82 Å². The van der Waals surface area contributed by atoms with Gasteiger partial charge in [-0.25, -0.2) is 8.42 Å². The van der Waals surface area contributed by atoms with Crippen molar-refractivity contribution < 1.29 is 22.3 Å². The lowest BCUT2D eigenvalue weighted by Gasteiger charge is -2.30. The summed E-state index contributed by atoms with van der Waals surface area (Å²) in [6.07, 6.45) is 5.63. The van der Waals surface area contributed by atoms with Crippen LogP contribution in [0.2, 0.25) is 0 Å². The molecule has 176 valence electrons. The van der Waals surface area contributed by atoms with Gasteiger partial charge in [0.1, 0.15) is 9.97 Å². The Morgan fingerprint density at radius 2 is 1.97 bits per heavy atom. The lowest BCUT2D eigenvalue weighted by molar-refractivity contribution is -0.120. The fourth-order valence-corrected chi connectivity index (χ4v) is 7.25. The number of carbonyl (C=O) groups excluding carboxylic acids is 1. The molecule has 2 aliphatic rings. The van der Waals surface area contributed by atoms with Crippen LogP contribution in [0.1, 0.15) is 56.1 Å². The van der Waals surface area contributed by atoms with Crippen LogP contribution in [0.3, 0.4) is 0 Å². The Morgan fingerprint density at radius 3 is 2.73 bits per heavy atom. The number of rotatable bonds is 6. The van der Waals surface area contributed by atoms with E-state index < -0.39 is 15.9 Å². The van der Waals surface area contributed by atoms with Crippen LogP contribution >= 0.6 is 11.3 Å². The van der Waals surface area contributed by atoms with Gasteiger partial charge in [-0.3, -0.25) is 4.79 Å². The second-order valence-corrected chi connectivity index (χ2v) is 11.7. The number of aromatic nitrogens is 3. The number of hydrogen-bond donors (Lipinski definition) is 1. The van der Waals surface area contributed by atoms with Gasteiger partial charge in [0.2, 0.25) is 17.6 Å². The molecule has 1 aliphatic heterocycles. The molecule has 1 saturated heterocycles. The summed E-state index contributed by atoms with van der Waals surface area (Å²) in [4.78, 5) is 17.1. The molecule has 5 rings (SSSR count). The number of aryl methyl sites for hydroxylation is 1. The maximum absolute atomic E-state index is 13.3. The monoisotopic (exact) mass is 491 g/mol. The van der Waals surface area contributed by atoms with Gasteiger partial charge >= 0.3 is 0 Å². The molecule has 1 aliphatic carbocycles. The van der Waals surface area contributed by atoms with Crippen LogP contribution in [-0.4, -0.2) is 47.0 Å². The molecule has 10 nitrogen and oxygen atoms in total. The quantitative estimate of drug-likeness (QED) is 0.551. The summed E-state index contributed by atoms with van der Waals surface area (Å²) in [6, 6.07) is 3.21. The summed E-state index contributed by atoms with van der Waals surface area (Å²) >= 11 is 1.13. The van der Waals surface area contributed by atoms with Crippen molar-refractivity contribution in [2.24, 2.45) is 5.92 Å². The van der Waals surface area contributed by atoms with E-state index in [9.17, 15) is 13.2 Å². The van der Waals surface area contributed by atoms with Gasteiger partial charge in [-0.15, -0.1) is 11.3 Å². The van der Waals surface area contributed by atoms with E-state index in [1.165, 1.54) is 4.31 Å². The van der Waals surface area contributed by atoms with Gasteiger partial charge in [0.25, 0.3) is 10.0 Å². The van der Waals surface area contributed by atoms with Crippen molar-refractivity contribution in [3.05, 3.63) is 29.2 Å². The van der Waals surface area contributed by atoms with Crippen molar-refractivity contribution in [1.82, 2.24) is 19.6 Å². The molecule has 0 radical (unpaired) electrons. The summed E-state index contributed by atoms with van der Waals surface area (Å²) < 4.78 is 38.6. The maximum atomic E-state index is 13.3. The number of amides is 1. The zero-order valence-electron chi connectivity index (χ0n) is 18.2. The number of nitrogens with zero attached hydrogens (tertiary/aromatic N) is 4. The molecule has 2 fully saturated rings. The van der Waals surface area contributed by atoms with E-state index in [-0.39, 0.29) is 16.7 Å². The summed E-state index contributed by atoms with van der Waals surface area (Å²) in [7, 11) is -3.74.